The molecule has 2 heteroatoms. The van der Waals surface area contributed by atoms with Crippen molar-refractivity contribution >= 4 is 0 Å². The number of para-hydroxylation sites is 1. The Bertz CT molecular complexity index is 648. The largest absolute Gasteiger partial charge is 0.485 e. The molecule has 1 unspecified atom stereocenters. The van der Waals surface area contributed by atoms with Crippen molar-refractivity contribution in [2.24, 2.45) is 5.73 Å². The van der Waals surface area contributed by atoms with E-state index in [1.54, 1.807) is 0 Å². The lowest BCUT2D eigenvalue weighted by Crippen LogP contribution is -2.45. The third kappa shape index (κ3) is 3.87. The monoisotopic (exact) mass is 279 g/mol. The summed E-state index contributed by atoms with van der Waals surface area (Å²) < 4.78 is 5.82. The maximum absolute atomic E-state index is 5.83. The van der Waals surface area contributed by atoms with Crippen molar-refractivity contribution in [3.05, 3.63) is 54.1 Å². The summed E-state index contributed by atoms with van der Waals surface area (Å²) in [5.74, 6) is 3.30. The molecule has 0 radical (unpaired) electrons. The summed E-state index contributed by atoms with van der Waals surface area (Å²) in [5.41, 5.74) is 9.02. The van der Waals surface area contributed by atoms with Crippen molar-refractivity contribution < 1.29 is 4.74 Å². The number of hydrogen-bond donors (Lipinski definition) is 1. The molecule has 0 bridgehead atoms. The minimum atomic E-state index is -0.424. The molecule has 1 aromatic carbocycles. The fourth-order valence-corrected chi connectivity index (χ4v) is 1.73. The minimum absolute atomic E-state index is 0.0664. The molecule has 2 nitrogen and oxygen atoms in total. The topological polar surface area (TPSA) is 35.2 Å². The van der Waals surface area contributed by atoms with Gasteiger partial charge in [0, 0.05) is 6.04 Å². The second kappa shape index (κ2) is 6.03. The van der Waals surface area contributed by atoms with Crippen LogP contribution in [-0.4, -0.2) is 11.6 Å². The smallest absolute Gasteiger partial charge is 0.135 e. The molecule has 108 valence electrons. The average Bonchev–Trinajstić information content (AvgIpc) is 3.06. The Balaban J connectivity index is 0.000000218. The van der Waals surface area contributed by atoms with Gasteiger partial charge in [-0.3, -0.25) is 0 Å². The van der Waals surface area contributed by atoms with Crippen LogP contribution >= 0.6 is 0 Å². The Morgan fingerprint density at radius 2 is 1.71 bits per heavy atom. The van der Waals surface area contributed by atoms with E-state index in [-0.39, 0.29) is 6.04 Å². The zero-order chi connectivity index (χ0) is 15.5. The molecule has 0 heterocycles. The Labute approximate surface area is 126 Å². The SMILES string of the molecule is C#Cc1ccccc1OC(C)(C)C(C)N.c1cc2cc-2c1. The predicted octanol–water partition coefficient (Wildman–Crippen LogP) is 3.84. The van der Waals surface area contributed by atoms with Crippen LogP contribution in [-0.2, 0) is 0 Å². The molecule has 0 saturated heterocycles. The van der Waals surface area contributed by atoms with Crippen LogP contribution in [0.2, 0.25) is 0 Å². The third-order valence-corrected chi connectivity index (χ3v) is 3.62. The quantitative estimate of drug-likeness (QED) is 0.739. The Morgan fingerprint density at radius 3 is 2.14 bits per heavy atom. The van der Waals surface area contributed by atoms with E-state index in [1.807, 2.05) is 45.0 Å². The summed E-state index contributed by atoms with van der Waals surface area (Å²) in [4.78, 5) is 0. The van der Waals surface area contributed by atoms with E-state index in [0.29, 0.717) is 5.75 Å². The van der Waals surface area contributed by atoms with Gasteiger partial charge in [-0.15, -0.1) is 6.42 Å². The van der Waals surface area contributed by atoms with Crippen LogP contribution in [0.25, 0.3) is 11.1 Å². The number of hydrogen-bond acceptors (Lipinski definition) is 2. The normalized spacial score (nSPS) is 12.5. The average molecular weight is 279 g/mol. The van der Waals surface area contributed by atoms with Gasteiger partial charge in [0.1, 0.15) is 11.4 Å². The van der Waals surface area contributed by atoms with Crippen LogP contribution in [0.15, 0.2) is 48.5 Å². The van der Waals surface area contributed by atoms with E-state index >= 15 is 0 Å². The van der Waals surface area contributed by atoms with E-state index < -0.39 is 5.60 Å². The molecule has 0 amide bonds. The predicted molar refractivity (Wildman–Crippen MR) is 88.2 cm³/mol. The van der Waals surface area contributed by atoms with Crippen LogP contribution in [0.4, 0.5) is 0 Å². The Kier molecular flexibility index (Phi) is 4.35. The lowest BCUT2D eigenvalue weighted by atomic mass is 10.0. The summed E-state index contributed by atoms with van der Waals surface area (Å²) in [6.07, 6.45) is 5.38. The highest BCUT2D eigenvalue weighted by atomic mass is 16.5. The van der Waals surface area contributed by atoms with Gasteiger partial charge in [-0.1, -0.05) is 36.3 Å². The fourth-order valence-electron chi connectivity index (χ4n) is 1.73. The summed E-state index contributed by atoms with van der Waals surface area (Å²) in [6, 6.07) is 15.9. The summed E-state index contributed by atoms with van der Waals surface area (Å²) >= 11 is 0. The molecule has 2 N–H and O–H groups in total. The van der Waals surface area contributed by atoms with Crippen molar-refractivity contribution in [1.29, 1.82) is 0 Å². The Morgan fingerprint density at radius 1 is 1.10 bits per heavy atom. The van der Waals surface area contributed by atoms with Crippen LogP contribution in [0, 0.1) is 12.3 Å². The van der Waals surface area contributed by atoms with E-state index in [2.05, 4.69) is 30.2 Å². The molecule has 0 aromatic heterocycles. The van der Waals surface area contributed by atoms with Crippen LogP contribution < -0.4 is 10.5 Å². The summed E-state index contributed by atoms with van der Waals surface area (Å²) in [7, 11) is 0. The van der Waals surface area contributed by atoms with E-state index in [9.17, 15) is 0 Å². The standard InChI is InChI=1S/C13H17NO.C6H4/c1-5-11-8-6-7-9-12(11)15-13(3,4)10(2)14;1-2-5-4-6(5)3-1/h1,6-10H,14H2,2-4H3;1-4H. The minimum Gasteiger partial charge on any atom is -0.485 e. The molecule has 1 aromatic rings. The van der Waals surface area contributed by atoms with Crippen molar-refractivity contribution in [1.82, 2.24) is 0 Å². The van der Waals surface area contributed by atoms with E-state index in [1.165, 1.54) is 11.1 Å². The first-order chi connectivity index (χ1) is 9.94. The number of terminal acetylenes is 1. The van der Waals surface area contributed by atoms with Gasteiger partial charge in [0.05, 0.1) is 5.56 Å². The third-order valence-electron chi connectivity index (χ3n) is 3.62. The second-order valence-corrected chi connectivity index (χ2v) is 5.72. The molecular weight excluding hydrogens is 258 g/mol. The number of fused-ring (bicyclic) bond motifs is 1. The van der Waals surface area contributed by atoms with Crippen LogP contribution in [0.5, 0.6) is 5.75 Å². The van der Waals surface area contributed by atoms with Crippen LogP contribution in [0.1, 0.15) is 26.3 Å². The number of ether oxygens (including phenoxy) is 1. The summed E-state index contributed by atoms with van der Waals surface area (Å²) in [6.45, 7) is 5.81. The summed E-state index contributed by atoms with van der Waals surface area (Å²) in [5, 5.41) is 0. The zero-order valence-corrected chi connectivity index (χ0v) is 12.8. The van der Waals surface area contributed by atoms with E-state index in [0.717, 1.165) is 5.56 Å². The fraction of sp³-hybridized carbons (Fsp3) is 0.263. The number of nitrogens with two attached hydrogens (primary N) is 1. The van der Waals surface area contributed by atoms with Gasteiger partial charge in [0.15, 0.2) is 0 Å². The van der Waals surface area contributed by atoms with Gasteiger partial charge in [0.2, 0.25) is 0 Å². The van der Waals surface area contributed by atoms with Gasteiger partial charge in [-0.25, -0.2) is 0 Å². The van der Waals surface area contributed by atoms with Crippen molar-refractivity contribution in [3.8, 4) is 29.2 Å². The molecule has 0 aliphatic heterocycles. The molecule has 3 rings (SSSR count). The first kappa shape index (κ1) is 15.2. The molecule has 0 saturated carbocycles. The van der Waals surface area contributed by atoms with Gasteiger partial charge < -0.3 is 10.5 Å². The molecular formula is C19H21NO. The molecule has 0 spiro atoms. The lowest BCUT2D eigenvalue weighted by molar-refractivity contribution is 0.0857. The Hall–Kier alpha value is -2.24. The van der Waals surface area contributed by atoms with Crippen molar-refractivity contribution in [2.45, 2.75) is 32.4 Å². The number of rotatable bonds is 3. The molecule has 0 fully saturated rings. The van der Waals surface area contributed by atoms with Crippen LogP contribution in [0.3, 0.4) is 0 Å². The van der Waals surface area contributed by atoms with Crippen molar-refractivity contribution in [3.63, 3.8) is 0 Å². The first-order valence-corrected chi connectivity index (χ1v) is 7.04. The highest BCUT2D eigenvalue weighted by molar-refractivity contribution is 5.80. The van der Waals surface area contributed by atoms with E-state index in [4.69, 9.17) is 16.9 Å². The maximum Gasteiger partial charge on any atom is 0.135 e. The zero-order valence-electron chi connectivity index (χ0n) is 12.8. The lowest BCUT2D eigenvalue weighted by Gasteiger charge is -2.30. The first-order valence-electron chi connectivity index (χ1n) is 7.04. The highest BCUT2D eigenvalue weighted by Gasteiger charge is 2.25. The van der Waals surface area contributed by atoms with Crippen molar-refractivity contribution in [2.75, 3.05) is 0 Å². The molecule has 1 atom stereocenters. The molecule has 21 heavy (non-hydrogen) atoms. The molecule has 2 aliphatic carbocycles. The van der Waals surface area contributed by atoms with Gasteiger partial charge in [-0.2, -0.15) is 0 Å². The van der Waals surface area contributed by atoms with Gasteiger partial charge >= 0.3 is 0 Å². The molecule has 2 aliphatic rings. The maximum atomic E-state index is 5.83. The van der Waals surface area contributed by atoms with Gasteiger partial charge in [0.25, 0.3) is 0 Å². The van der Waals surface area contributed by atoms with Gasteiger partial charge in [-0.05, 0) is 50.1 Å². The highest BCUT2D eigenvalue weighted by Crippen LogP contribution is 2.32. The number of benzene rings is 2. The second-order valence-electron chi connectivity index (χ2n) is 5.72.